The van der Waals surface area contributed by atoms with Crippen molar-refractivity contribution < 1.29 is 29.0 Å². The number of fused-ring (bicyclic) bond motifs is 7. The van der Waals surface area contributed by atoms with E-state index in [1.807, 2.05) is 0 Å². The second-order valence-electron chi connectivity index (χ2n) is 18.9. The fourth-order valence-electron chi connectivity index (χ4n) is 12.5. The van der Waals surface area contributed by atoms with Gasteiger partial charge in [-0.2, -0.15) is 0 Å². The van der Waals surface area contributed by atoms with Gasteiger partial charge in [0.25, 0.3) is 0 Å². The Morgan fingerprint density at radius 3 is 2.16 bits per heavy atom. The molecule has 8 atom stereocenters. The van der Waals surface area contributed by atoms with Gasteiger partial charge in [0.05, 0.1) is 12.5 Å². The molecule has 276 valence electrons. The average molecular weight is 683 g/mol. The summed E-state index contributed by atoms with van der Waals surface area (Å²) in [6, 6.07) is 0.130. The molecule has 0 saturated heterocycles. The maximum atomic E-state index is 13.5. The zero-order valence-corrected chi connectivity index (χ0v) is 31.9. The standard InChI is InChI=1S/C41H66N2O6/c1-36(2)21-23-41(35(48)49-8)24-22-39(6)27(28(41)26-36)15-16-30-38(5)19-18-31(37(3,4)29(38)17-20-40(30,39)7)43-33(45)13-10-9-12-32(44)42-25-11-14-34(46)47/h15,28-31H,9-14,16-26H2,1-8H3,(H,42,44)(H,43,45)(H,46,47)/t28-,29-,30+,31-,38-,39+,40+,41-/m0/s1. The Labute approximate surface area is 295 Å². The molecule has 0 aromatic heterocycles. The Hall–Kier alpha value is -2.38. The van der Waals surface area contributed by atoms with Crippen molar-refractivity contribution in [1.82, 2.24) is 10.6 Å². The van der Waals surface area contributed by atoms with E-state index in [0.29, 0.717) is 50.5 Å². The molecule has 0 unspecified atom stereocenters. The summed E-state index contributed by atoms with van der Waals surface area (Å²) >= 11 is 0. The fraction of sp³-hybridized carbons (Fsp3) is 0.854. The number of amides is 2. The van der Waals surface area contributed by atoms with Crippen molar-refractivity contribution in [2.45, 2.75) is 157 Å². The second kappa shape index (κ2) is 13.6. The predicted molar refractivity (Wildman–Crippen MR) is 191 cm³/mol. The van der Waals surface area contributed by atoms with Gasteiger partial charge in [-0.15, -0.1) is 0 Å². The zero-order valence-electron chi connectivity index (χ0n) is 31.9. The highest BCUT2D eigenvalue weighted by atomic mass is 16.5. The van der Waals surface area contributed by atoms with Gasteiger partial charge >= 0.3 is 11.9 Å². The van der Waals surface area contributed by atoms with Crippen LogP contribution in [0.15, 0.2) is 11.6 Å². The summed E-state index contributed by atoms with van der Waals surface area (Å²) in [6.45, 7) is 17.6. The van der Waals surface area contributed by atoms with Crippen molar-refractivity contribution in [1.29, 1.82) is 0 Å². The quantitative estimate of drug-likeness (QED) is 0.115. The topological polar surface area (TPSA) is 122 Å². The molecule has 2 amide bonds. The Bertz CT molecular complexity index is 1340. The molecular weight excluding hydrogens is 616 g/mol. The van der Waals surface area contributed by atoms with Crippen LogP contribution in [0.2, 0.25) is 0 Å². The van der Waals surface area contributed by atoms with Crippen molar-refractivity contribution in [3.05, 3.63) is 11.6 Å². The molecule has 0 heterocycles. The van der Waals surface area contributed by atoms with Crippen molar-refractivity contribution >= 4 is 23.8 Å². The van der Waals surface area contributed by atoms with Gasteiger partial charge in [0.15, 0.2) is 0 Å². The number of unbranched alkanes of at least 4 members (excludes halogenated alkanes) is 1. The normalized spacial score (nSPS) is 38.7. The lowest BCUT2D eigenvalue weighted by Gasteiger charge is -2.71. The summed E-state index contributed by atoms with van der Waals surface area (Å²) in [5.74, 6) is 0.466. The van der Waals surface area contributed by atoms with Gasteiger partial charge < -0.3 is 20.5 Å². The van der Waals surface area contributed by atoms with E-state index in [2.05, 4.69) is 65.2 Å². The first kappa shape index (κ1) is 37.9. The number of carboxylic acids is 1. The molecule has 0 aliphatic heterocycles. The average Bonchev–Trinajstić information content (AvgIpc) is 3.02. The van der Waals surface area contributed by atoms with Gasteiger partial charge in [0, 0.05) is 31.8 Å². The SMILES string of the molecule is COC(=O)[C@]12CCC(C)(C)C[C@H]1C1=CC[C@@H]3[C@@]4(C)CC[C@H](NC(=O)CCCCC(=O)NCCCC(=O)O)C(C)(C)[C@@H]4CC[C@@]3(C)[C@]1(C)CC2. The van der Waals surface area contributed by atoms with E-state index in [-0.39, 0.29) is 68.7 Å². The first-order valence-corrected chi connectivity index (χ1v) is 19.4. The maximum Gasteiger partial charge on any atom is 0.312 e. The van der Waals surface area contributed by atoms with Crippen LogP contribution in [0.4, 0.5) is 0 Å². The lowest BCUT2D eigenvalue weighted by molar-refractivity contribution is -0.193. The minimum Gasteiger partial charge on any atom is -0.481 e. The largest absolute Gasteiger partial charge is 0.481 e. The highest BCUT2D eigenvalue weighted by Gasteiger charge is 2.69. The molecule has 3 N–H and O–H groups in total. The van der Waals surface area contributed by atoms with Crippen molar-refractivity contribution in [2.75, 3.05) is 13.7 Å². The molecule has 0 radical (unpaired) electrons. The van der Waals surface area contributed by atoms with Crippen LogP contribution in [0.5, 0.6) is 0 Å². The number of rotatable bonds is 11. The predicted octanol–water partition coefficient (Wildman–Crippen LogP) is 7.99. The minimum absolute atomic E-state index is 0.0106. The van der Waals surface area contributed by atoms with E-state index in [1.165, 1.54) is 6.42 Å². The van der Waals surface area contributed by atoms with E-state index in [0.717, 1.165) is 57.8 Å². The van der Waals surface area contributed by atoms with Gasteiger partial charge in [-0.1, -0.05) is 60.1 Å². The number of nitrogens with one attached hydrogen (secondary N) is 2. The molecule has 5 aliphatic carbocycles. The lowest BCUT2D eigenvalue weighted by Crippen LogP contribution is -2.66. The van der Waals surface area contributed by atoms with E-state index < -0.39 is 5.97 Å². The molecule has 4 fully saturated rings. The van der Waals surface area contributed by atoms with E-state index >= 15 is 0 Å². The highest BCUT2D eigenvalue weighted by Crippen LogP contribution is 2.75. The van der Waals surface area contributed by atoms with Crippen LogP contribution >= 0.6 is 0 Å². The first-order chi connectivity index (χ1) is 22.9. The number of ether oxygens (including phenoxy) is 1. The second-order valence-corrected chi connectivity index (χ2v) is 18.9. The maximum absolute atomic E-state index is 13.5. The minimum atomic E-state index is -0.857. The molecule has 8 nitrogen and oxygen atoms in total. The number of carboxylic acid groups (broad SMARTS) is 1. The van der Waals surface area contributed by atoms with Crippen molar-refractivity contribution in [3.63, 3.8) is 0 Å². The lowest BCUT2D eigenvalue weighted by atomic mass is 9.33. The van der Waals surface area contributed by atoms with Crippen LogP contribution in [-0.4, -0.2) is 48.6 Å². The third-order valence-electron chi connectivity index (χ3n) is 15.5. The molecule has 5 aliphatic rings. The molecular formula is C41H66N2O6. The van der Waals surface area contributed by atoms with Crippen LogP contribution in [0, 0.1) is 50.2 Å². The Morgan fingerprint density at radius 1 is 0.816 bits per heavy atom. The van der Waals surface area contributed by atoms with Crippen LogP contribution in [-0.2, 0) is 23.9 Å². The Balaban J connectivity index is 1.25. The van der Waals surface area contributed by atoms with E-state index in [9.17, 15) is 19.2 Å². The van der Waals surface area contributed by atoms with Gasteiger partial charge in [0.2, 0.25) is 11.8 Å². The van der Waals surface area contributed by atoms with E-state index in [1.54, 1.807) is 12.7 Å². The number of hydrogen-bond acceptors (Lipinski definition) is 5. The van der Waals surface area contributed by atoms with Crippen LogP contribution < -0.4 is 10.6 Å². The smallest absolute Gasteiger partial charge is 0.312 e. The molecule has 49 heavy (non-hydrogen) atoms. The van der Waals surface area contributed by atoms with E-state index in [4.69, 9.17) is 9.84 Å². The number of carbonyl (C=O) groups is 4. The van der Waals surface area contributed by atoms with Gasteiger partial charge in [0.1, 0.15) is 0 Å². The monoisotopic (exact) mass is 682 g/mol. The van der Waals surface area contributed by atoms with Crippen molar-refractivity contribution in [2.24, 2.45) is 50.2 Å². The molecule has 5 rings (SSSR count). The Kier molecular flexibility index (Phi) is 10.5. The summed E-state index contributed by atoms with van der Waals surface area (Å²) in [5.41, 5.74) is 1.75. The van der Waals surface area contributed by atoms with Crippen LogP contribution in [0.3, 0.4) is 0 Å². The highest BCUT2D eigenvalue weighted by molar-refractivity contribution is 5.79. The number of allylic oxidation sites excluding steroid dienone is 2. The fourth-order valence-corrected chi connectivity index (χ4v) is 12.5. The third kappa shape index (κ3) is 6.61. The van der Waals surface area contributed by atoms with Gasteiger partial charge in [-0.25, -0.2) is 0 Å². The van der Waals surface area contributed by atoms with Gasteiger partial charge in [-0.05, 0) is 128 Å². The van der Waals surface area contributed by atoms with Crippen LogP contribution in [0.1, 0.15) is 151 Å². The Morgan fingerprint density at radius 2 is 1.49 bits per heavy atom. The number of hydrogen-bond donors (Lipinski definition) is 3. The number of carbonyl (C=O) groups excluding carboxylic acids is 3. The van der Waals surface area contributed by atoms with Gasteiger partial charge in [-0.3, -0.25) is 19.2 Å². The summed E-state index contributed by atoms with van der Waals surface area (Å²) in [5, 5.41) is 15.0. The number of methoxy groups -OCH3 is 1. The summed E-state index contributed by atoms with van der Waals surface area (Å²) in [4.78, 5) is 49.4. The summed E-state index contributed by atoms with van der Waals surface area (Å²) in [6.07, 6.45) is 15.7. The first-order valence-electron chi connectivity index (χ1n) is 19.4. The molecule has 0 aromatic carbocycles. The van der Waals surface area contributed by atoms with Crippen LogP contribution in [0.25, 0.3) is 0 Å². The third-order valence-corrected chi connectivity index (χ3v) is 15.5. The zero-order chi connectivity index (χ0) is 36.0. The van der Waals surface area contributed by atoms with Crippen molar-refractivity contribution in [3.8, 4) is 0 Å². The number of esters is 1. The summed E-state index contributed by atoms with van der Waals surface area (Å²) in [7, 11) is 1.58. The molecule has 4 saturated carbocycles. The molecule has 0 bridgehead atoms. The number of aliphatic carboxylic acids is 1. The molecule has 0 spiro atoms. The molecule has 8 heteroatoms. The molecule has 0 aromatic rings. The summed E-state index contributed by atoms with van der Waals surface area (Å²) < 4.78 is 5.54.